The lowest BCUT2D eigenvalue weighted by molar-refractivity contribution is -0.131. The molecule has 1 N–H and O–H groups in total. The number of carbonyl (C=O) groups is 1. The van der Waals surface area contributed by atoms with Gasteiger partial charge < -0.3 is 14.7 Å². The quantitative estimate of drug-likeness (QED) is 0.866. The SMILES string of the molecule is CN(C[C@H]1CCC[C@H]1O)C(=O)CCOc1ccccc1. The third-order valence-electron chi connectivity index (χ3n) is 3.88. The van der Waals surface area contributed by atoms with E-state index < -0.39 is 0 Å². The van der Waals surface area contributed by atoms with E-state index in [2.05, 4.69) is 0 Å². The van der Waals surface area contributed by atoms with Crippen LogP contribution in [0.25, 0.3) is 0 Å². The highest BCUT2D eigenvalue weighted by Crippen LogP contribution is 2.26. The molecule has 0 heterocycles. The molecule has 0 aromatic heterocycles. The molecule has 1 amide bonds. The average Bonchev–Trinajstić information content (AvgIpc) is 2.85. The van der Waals surface area contributed by atoms with E-state index >= 15 is 0 Å². The monoisotopic (exact) mass is 277 g/mol. The van der Waals surface area contributed by atoms with Gasteiger partial charge in [-0.05, 0) is 25.0 Å². The molecule has 0 bridgehead atoms. The van der Waals surface area contributed by atoms with Gasteiger partial charge in [-0.15, -0.1) is 0 Å². The van der Waals surface area contributed by atoms with Crippen LogP contribution in [0.3, 0.4) is 0 Å². The molecule has 0 unspecified atom stereocenters. The largest absolute Gasteiger partial charge is 0.493 e. The summed E-state index contributed by atoms with van der Waals surface area (Å²) in [6, 6.07) is 9.50. The number of amides is 1. The number of benzene rings is 1. The minimum Gasteiger partial charge on any atom is -0.493 e. The molecule has 4 nitrogen and oxygen atoms in total. The lowest BCUT2D eigenvalue weighted by atomic mass is 10.1. The smallest absolute Gasteiger partial charge is 0.225 e. The molecule has 0 aliphatic heterocycles. The maximum absolute atomic E-state index is 12.0. The van der Waals surface area contributed by atoms with Gasteiger partial charge in [0.05, 0.1) is 19.1 Å². The van der Waals surface area contributed by atoms with Crippen molar-refractivity contribution in [2.45, 2.75) is 31.8 Å². The van der Waals surface area contributed by atoms with Gasteiger partial charge in [-0.1, -0.05) is 24.6 Å². The zero-order valence-electron chi connectivity index (χ0n) is 12.0. The predicted octanol–water partition coefficient (Wildman–Crippen LogP) is 2.07. The van der Waals surface area contributed by atoms with Crippen LogP contribution in [0.4, 0.5) is 0 Å². The van der Waals surface area contributed by atoms with E-state index in [1.54, 1.807) is 11.9 Å². The Kier molecular flexibility index (Phi) is 5.41. The maximum atomic E-state index is 12.0. The van der Waals surface area contributed by atoms with E-state index in [1.807, 2.05) is 30.3 Å². The number of ether oxygens (including phenoxy) is 1. The highest BCUT2D eigenvalue weighted by Gasteiger charge is 2.27. The molecule has 1 saturated carbocycles. The summed E-state index contributed by atoms with van der Waals surface area (Å²) < 4.78 is 5.52. The molecule has 1 aliphatic carbocycles. The van der Waals surface area contributed by atoms with Crippen molar-refractivity contribution in [2.24, 2.45) is 5.92 Å². The highest BCUT2D eigenvalue weighted by molar-refractivity contribution is 5.76. The second-order valence-corrected chi connectivity index (χ2v) is 5.44. The summed E-state index contributed by atoms with van der Waals surface area (Å²) in [6.07, 6.45) is 3.06. The number of aliphatic hydroxyl groups excluding tert-OH is 1. The number of hydrogen-bond acceptors (Lipinski definition) is 3. The molecule has 20 heavy (non-hydrogen) atoms. The third-order valence-corrected chi connectivity index (χ3v) is 3.88. The van der Waals surface area contributed by atoms with Crippen molar-refractivity contribution >= 4 is 5.91 Å². The molecular formula is C16H23NO3. The number of carbonyl (C=O) groups excluding carboxylic acids is 1. The Bertz CT molecular complexity index is 421. The Balaban J connectivity index is 1.68. The van der Waals surface area contributed by atoms with Crippen molar-refractivity contribution in [3.8, 4) is 5.75 Å². The minimum atomic E-state index is -0.245. The van der Waals surface area contributed by atoms with Crippen molar-refractivity contribution in [2.75, 3.05) is 20.2 Å². The van der Waals surface area contributed by atoms with Crippen molar-refractivity contribution < 1.29 is 14.6 Å². The Morgan fingerprint density at radius 3 is 2.75 bits per heavy atom. The molecule has 1 aromatic carbocycles. The summed E-state index contributed by atoms with van der Waals surface area (Å²) >= 11 is 0. The lowest BCUT2D eigenvalue weighted by Crippen LogP contribution is -2.35. The van der Waals surface area contributed by atoms with Crippen LogP contribution in [0.2, 0.25) is 0 Å². The molecule has 1 aromatic rings. The van der Waals surface area contributed by atoms with Gasteiger partial charge in [0.25, 0.3) is 0 Å². The molecule has 2 rings (SSSR count). The number of aliphatic hydroxyl groups is 1. The zero-order chi connectivity index (χ0) is 14.4. The van der Waals surface area contributed by atoms with E-state index in [1.165, 1.54) is 0 Å². The minimum absolute atomic E-state index is 0.0695. The molecule has 1 aliphatic rings. The fourth-order valence-electron chi connectivity index (χ4n) is 2.65. The van der Waals surface area contributed by atoms with Crippen LogP contribution in [0.15, 0.2) is 30.3 Å². The molecule has 0 spiro atoms. The summed E-state index contributed by atoms with van der Waals surface area (Å²) in [5.74, 6) is 1.09. The van der Waals surface area contributed by atoms with Crippen molar-refractivity contribution in [3.63, 3.8) is 0 Å². The van der Waals surface area contributed by atoms with Gasteiger partial charge >= 0.3 is 0 Å². The molecule has 110 valence electrons. The van der Waals surface area contributed by atoms with Crippen molar-refractivity contribution in [1.82, 2.24) is 4.90 Å². The highest BCUT2D eigenvalue weighted by atomic mass is 16.5. The van der Waals surface area contributed by atoms with Gasteiger partial charge in [0.15, 0.2) is 0 Å². The van der Waals surface area contributed by atoms with Crippen LogP contribution < -0.4 is 4.74 Å². The van der Waals surface area contributed by atoms with Gasteiger partial charge in [-0.3, -0.25) is 4.79 Å². The van der Waals surface area contributed by atoms with E-state index in [0.29, 0.717) is 19.6 Å². The first-order valence-corrected chi connectivity index (χ1v) is 7.26. The molecular weight excluding hydrogens is 254 g/mol. The normalized spacial score (nSPS) is 21.7. The first-order chi connectivity index (χ1) is 9.66. The summed E-state index contributed by atoms with van der Waals surface area (Å²) in [5.41, 5.74) is 0. The van der Waals surface area contributed by atoms with E-state index in [4.69, 9.17) is 4.74 Å². The predicted molar refractivity (Wildman–Crippen MR) is 77.5 cm³/mol. The van der Waals surface area contributed by atoms with Gasteiger partial charge in [0.2, 0.25) is 5.91 Å². The van der Waals surface area contributed by atoms with Crippen LogP contribution >= 0.6 is 0 Å². The van der Waals surface area contributed by atoms with Gasteiger partial charge in [0.1, 0.15) is 5.75 Å². The molecule has 0 radical (unpaired) electrons. The second-order valence-electron chi connectivity index (χ2n) is 5.44. The molecule has 2 atom stereocenters. The lowest BCUT2D eigenvalue weighted by Gasteiger charge is -2.23. The number of para-hydroxylation sites is 1. The number of rotatable bonds is 6. The second kappa shape index (κ2) is 7.29. The fourth-order valence-corrected chi connectivity index (χ4v) is 2.65. The Morgan fingerprint density at radius 2 is 2.10 bits per heavy atom. The standard InChI is InChI=1S/C16H23NO3/c1-17(12-13-6-5-9-15(13)18)16(19)10-11-20-14-7-3-2-4-8-14/h2-4,7-8,13,15,18H,5-6,9-12H2,1H3/t13-,15-/m1/s1. The summed E-state index contributed by atoms with van der Waals surface area (Å²) in [6.45, 7) is 1.03. The third kappa shape index (κ3) is 4.23. The van der Waals surface area contributed by atoms with Gasteiger partial charge in [-0.2, -0.15) is 0 Å². The van der Waals surface area contributed by atoms with E-state index in [9.17, 15) is 9.90 Å². The Labute approximate surface area is 120 Å². The van der Waals surface area contributed by atoms with Crippen LogP contribution in [0, 0.1) is 5.92 Å². The van der Waals surface area contributed by atoms with Crippen LogP contribution in [-0.2, 0) is 4.79 Å². The fraction of sp³-hybridized carbons (Fsp3) is 0.562. The average molecular weight is 277 g/mol. The van der Waals surface area contributed by atoms with Crippen LogP contribution in [-0.4, -0.2) is 42.2 Å². The van der Waals surface area contributed by atoms with Gasteiger partial charge in [-0.25, -0.2) is 0 Å². The summed E-state index contributed by atoms with van der Waals surface area (Å²) in [7, 11) is 1.80. The van der Waals surface area contributed by atoms with E-state index in [0.717, 1.165) is 25.0 Å². The zero-order valence-corrected chi connectivity index (χ0v) is 12.0. The molecule has 4 heteroatoms. The number of hydrogen-bond donors (Lipinski definition) is 1. The Morgan fingerprint density at radius 1 is 1.35 bits per heavy atom. The van der Waals surface area contributed by atoms with Gasteiger partial charge in [0, 0.05) is 19.5 Å². The van der Waals surface area contributed by atoms with Crippen molar-refractivity contribution in [3.05, 3.63) is 30.3 Å². The first-order valence-electron chi connectivity index (χ1n) is 7.26. The topological polar surface area (TPSA) is 49.8 Å². The first kappa shape index (κ1) is 14.9. The number of nitrogens with zero attached hydrogens (tertiary/aromatic N) is 1. The maximum Gasteiger partial charge on any atom is 0.225 e. The van der Waals surface area contributed by atoms with Crippen LogP contribution in [0.1, 0.15) is 25.7 Å². The van der Waals surface area contributed by atoms with Crippen molar-refractivity contribution in [1.29, 1.82) is 0 Å². The molecule has 0 saturated heterocycles. The molecule has 1 fully saturated rings. The summed E-state index contributed by atoms with van der Waals surface area (Å²) in [5, 5.41) is 9.78. The van der Waals surface area contributed by atoms with Crippen LogP contribution in [0.5, 0.6) is 5.75 Å². The summed E-state index contributed by atoms with van der Waals surface area (Å²) in [4.78, 5) is 13.7. The Hall–Kier alpha value is -1.55. The van der Waals surface area contributed by atoms with E-state index in [-0.39, 0.29) is 17.9 Å².